The van der Waals surface area contributed by atoms with Crippen LogP contribution in [0.4, 0.5) is 16.2 Å². The van der Waals surface area contributed by atoms with Crippen LogP contribution in [0.5, 0.6) is 11.5 Å². The van der Waals surface area contributed by atoms with Crippen LogP contribution in [-0.2, 0) is 6.42 Å². The zero-order chi connectivity index (χ0) is 19.8. The molecule has 0 aromatic heterocycles. The minimum absolute atomic E-state index is 0.0149. The van der Waals surface area contributed by atoms with Crippen LogP contribution in [0.2, 0.25) is 0 Å². The van der Waals surface area contributed by atoms with Gasteiger partial charge in [-0.25, -0.2) is 4.79 Å². The molecule has 2 rings (SSSR count). The van der Waals surface area contributed by atoms with Crippen molar-refractivity contribution in [1.29, 1.82) is 0 Å². The number of urea groups is 1. The number of nitro benzene ring substituents is 1. The first-order valence-corrected chi connectivity index (χ1v) is 9.09. The van der Waals surface area contributed by atoms with Gasteiger partial charge in [0.25, 0.3) is 5.69 Å². The van der Waals surface area contributed by atoms with Gasteiger partial charge in [-0.2, -0.15) is 0 Å². The molecule has 0 aliphatic carbocycles. The molecule has 0 unspecified atom stereocenters. The highest BCUT2D eigenvalue weighted by molar-refractivity contribution is 5.89. The zero-order valence-electron chi connectivity index (χ0n) is 15.8. The monoisotopic (exact) mass is 371 g/mol. The predicted octanol–water partition coefficient (Wildman–Crippen LogP) is 5.26. The molecule has 0 fully saturated rings. The summed E-state index contributed by atoms with van der Waals surface area (Å²) in [6.07, 6.45) is 2.48. The lowest BCUT2D eigenvalue weighted by Gasteiger charge is -2.16. The molecule has 7 nitrogen and oxygen atoms in total. The number of amides is 2. The largest absolute Gasteiger partial charge is 0.457 e. The third-order valence-electron chi connectivity index (χ3n) is 4.30. The first-order valence-electron chi connectivity index (χ1n) is 9.09. The maximum atomic E-state index is 12.1. The maximum Gasteiger partial charge on any atom is 0.319 e. The van der Waals surface area contributed by atoms with E-state index in [0.717, 1.165) is 18.4 Å². The molecule has 7 heteroatoms. The van der Waals surface area contributed by atoms with E-state index < -0.39 is 4.92 Å². The third kappa shape index (κ3) is 5.70. The number of anilines is 1. The van der Waals surface area contributed by atoms with Gasteiger partial charge >= 0.3 is 6.03 Å². The molecule has 0 radical (unpaired) electrons. The van der Waals surface area contributed by atoms with Gasteiger partial charge in [0.05, 0.1) is 4.92 Å². The summed E-state index contributed by atoms with van der Waals surface area (Å²) in [5.41, 5.74) is 1.63. The Morgan fingerprint density at radius 2 is 1.78 bits per heavy atom. The fourth-order valence-corrected chi connectivity index (χ4v) is 2.64. The minimum atomic E-state index is -0.450. The summed E-state index contributed by atoms with van der Waals surface area (Å²) in [4.78, 5) is 22.4. The molecule has 2 amide bonds. The van der Waals surface area contributed by atoms with E-state index in [-0.39, 0.29) is 17.8 Å². The average molecular weight is 371 g/mol. The quantitative estimate of drug-likeness (QED) is 0.489. The van der Waals surface area contributed by atoms with Gasteiger partial charge in [-0.05, 0) is 55.2 Å². The number of aryl methyl sites for hydroxylation is 1. The Bertz CT molecular complexity index is 786. The van der Waals surface area contributed by atoms with Crippen LogP contribution < -0.4 is 15.4 Å². The smallest absolute Gasteiger partial charge is 0.319 e. The summed E-state index contributed by atoms with van der Waals surface area (Å²) in [5.74, 6) is 1.17. The second-order valence-electron chi connectivity index (χ2n) is 6.14. The van der Waals surface area contributed by atoms with Gasteiger partial charge in [0.2, 0.25) is 0 Å². The Morgan fingerprint density at radius 1 is 1.11 bits per heavy atom. The number of hydrogen-bond donors (Lipinski definition) is 2. The number of benzene rings is 2. The van der Waals surface area contributed by atoms with Crippen molar-refractivity contribution in [2.24, 2.45) is 0 Å². The van der Waals surface area contributed by atoms with Gasteiger partial charge in [0, 0.05) is 23.9 Å². The molecule has 2 aromatic carbocycles. The standard InChI is InChI=1S/C20H25N3O4/c1-4-14-13-16(22-20(24)21-15(5-2)6-3)7-12-19(14)27-18-10-8-17(9-11-18)23(25)26/h7-13,15H,4-6H2,1-3H3,(H2,21,22,24). The Kier molecular flexibility index (Phi) is 7.16. The average Bonchev–Trinajstić information content (AvgIpc) is 2.67. The number of rotatable bonds is 8. The van der Waals surface area contributed by atoms with E-state index in [4.69, 9.17) is 4.74 Å². The number of nitrogens with one attached hydrogen (secondary N) is 2. The third-order valence-corrected chi connectivity index (χ3v) is 4.30. The van der Waals surface area contributed by atoms with E-state index >= 15 is 0 Å². The van der Waals surface area contributed by atoms with E-state index in [2.05, 4.69) is 10.6 Å². The van der Waals surface area contributed by atoms with Gasteiger partial charge in [0.1, 0.15) is 11.5 Å². The van der Waals surface area contributed by atoms with Crippen LogP contribution in [0, 0.1) is 10.1 Å². The molecule has 0 spiro atoms. The lowest BCUT2D eigenvalue weighted by Crippen LogP contribution is -2.37. The lowest BCUT2D eigenvalue weighted by atomic mass is 10.1. The molecule has 0 saturated carbocycles. The van der Waals surface area contributed by atoms with E-state index in [1.54, 1.807) is 24.3 Å². The summed E-state index contributed by atoms with van der Waals surface area (Å²) >= 11 is 0. The van der Waals surface area contributed by atoms with Gasteiger partial charge in [-0.3, -0.25) is 10.1 Å². The molecule has 0 heterocycles. The highest BCUT2D eigenvalue weighted by atomic mass is 16.6. The van der Waals surface area contributed by atoms with Crippen molar-refractivity contribution in [2.45, 2.75) is 46.1 Å². The lowest BCUT2D eigenvalue weighted by molar-refractivity contribution is -0.384. The first-order chi connectivity index (χ1) is 13.0. The van der Waals surface area contributed by atoms with Crippen LogP contribution >= 0.6 is 0 Å². The molecule has 0 bridgehead atoms. The van der Waals surface area contributed by atoms with Crippen LogP contribution in [0.25, 0.3) is 0 Å². The SMILES string of the molecule is CCc1cc(NC(=O)NC(CC)CC)ccc1Oc1ccc([N+](=O)[O-])cc1. The maximum absolute atomic E-state index is 12.1. The van der Waals surface area contributed by atoms with E-state index in [1.807, 2.05) is 26.8 Å². The second-order valence-corrected chi connectivity index (χ2v) is 6.14. The molecule has 27 heavy (non-hydrogen) atoms. The molecule has 0 aliphatic heterocycles. The van der Waals surface area contributed by atoms with Crippen molar-refractivity contribution >= 4 is 17.4 Å². The molecule has 2 N–H and O–H groups in total. The van der Waals surface area contributed by atoms with Crippen molar-refractivity contribution in [3.05, 3.63) is 58.1 Å². The Hall–Kier alpha value is -3.09. The molecular formula is C20H25N3O4. The Labute approximate surface area is 158 Å². The van der Waals surface area contributed by atoms with Crippen molar-refractivity contribution in [1.82, 2.24) is 5.32 Å². The highest BCUT2D eigenvalue weighted by Crippen LogP contribution is 2.29. The molecule has 0 aliphatic rings. The molecular weight excluding hydrogens is 346 g/mol. The molecule has 0 atom stereocenters. The Morgan fingerprint density at radius 3 is 2.33 bits per heavy atom. The van der Waals surface area contributed by atoms with Crippen LogP contribution in [0.1, 0.15) is 39.2 Å². The van der Waals surface area contributed by atoms with Crippen LogP contribution in [-0.4, -0.2) is 17.0 Å². The van der Waals surface area contributed by atoms with Crippen molar-refractivity contribution in [3.63, 3.8) is 0 Å². The normalized spacial score (nSPS) is 10.5. The molecule has 2 aromatic rings. The van der Waals surface area contributed by atoms with E-state index in [9.17, 15) is 14.9 Å². The summed E-state index contributed by atoms with van der Waals surface area (Å²) in [7, 11) is 0. The molecule has 144 valence electrons. The van der Waals surface area contributed by atoms with Crippen molar-refractivity contribution in [2.75, 3.05) is 5.32 Å². The Balaban J connectivity index is 2.09. The number of carbonyl (C=O) groups is 1. The van der Waals surface area contributed by atoms with Crippen LogP contribution in [0.3, 0.4) is 0 Å². The number of ether oxygens (including phenoxy) is 1. The minimum Gasteiger partial charge on any atom is -0.457 e. The number of nitrogens with zero attached hydrogens (tertiary/aromatic N) is 1. The van der Waals surface area contributed by atoms with Crippen molar-refractivity contribution in [3.8, 4) is 11.5 Å². The van der Waals surface area contributed by atoms with E-state index in [0.29, 0.717) is 23.6 Å². The zero-order valence-corrected chi connectivity index (χ0v) is 15.8. The first kappa shape index (κ1) is 20.2. The fraction of sp³-hybridized carbons (Fsp3) is 0.350. The molecule has 0 saturated heterocycles. The predicted molar refractivity (Wildman–Crippen MR) is 106 cm³/mol. The number of non-ortho nitro benzene ring substituents is 1. The van der Waals surface area contributed by atoms with Gasteiger partial charge in [0.15, 0.2) is 0 Å². The summed E-state index contributed by atoms with van der Waals surface area (Å²) in [5, 5.41) is 16.5. The number of carbonyl (C=O) groups excluding carboxylic acids is 1. The second kappa shape index (κ2) is 9.56. The summed E-state index contributed by atoms with van der Waals surface area (Å²) < 4.78 is 5.84. The number of nitro groups is 1. The topological polar surface area (TPSA) is 93.5 Å². The van der Waals surface area contributed by atoms with Gasteiger partial charge in [-0.15, -0.1) is 0 Å². The fourth-order valence-electron chi connectivity index (χ4n) is 2.64. The highest BCUT2D eigenvalue weighted by Gasteiger charge is 2.11. The van der Waals surface area contributed by atoms with Gasteiger partial charge < -0.3 is 15.4 Å². The summed E-state index contributed by atoms with van der Waals surface area (Å²) in [6.45, 7) is 6.06. The van der Waals surface area contributed by atoms with Crippen molar-refractivity contribution < 1.29 is 14.5 Å². The van der Waals surface area contributed by atoms with Gasteiger partial charge in [-0.1, -0.05) is 20.8 Å². The van der Waals surface area contributed by atoms with Crippen LogP contribution in [0.15, 0.2) is 42.5 Å². The summed E-state index contributed by atoms with van der Waals surface area (Å²) in [6, 6.07) is 11.3. The number of hydrogen-bond acceptors (Lipinski definition) is 4. The van der Waals surface area contributed by atoms with E-state index in [1.165, 1.54) is 12.1 Å².